The molecule has 1 heterocycles. The molecule has 0 aromatic heterocycles. The van der Waals surface area contributed by atoms with Gasteiger partial charge < -0.3 is 15.4 Å². The average Bonchev–Trinajstić information content (AvgIpc) is 2.47. The second kappa shape index (κ2) is 6.68. The summed E-state index contributed by atoms with van der Waals surface area (Å²) in [5.74, 6) is 0.119. The maximum absolute atomic E-state index is 12.4. The van der Waals surface area contributed by atoms with Crippen LogP contribution in [-0.4, -0.2) is 43.7 Å². The van der Waals surface area contributed by atoms with Crippen molar-refractivity contribution in [2.24, 2.45) is 5.73 Å². The Bertz CT molecular complexity index is 426. The molecule has 4 heteroatoms. The first-order valence-corrected chi connectivity index (χ1v) is 6.85. The fourth-order valence-electron chi connectivity index (χ4n) is 2.50. The number of ether oxygens (including phenoxy) is 1. The zero-order valence-electron chi connectivity index (χ0n) is 11.5. The molecule has 2 rings (SSSR count). The van der Waals surface area contributed by atoms with Gasteiger partial charge >= 0.3 is 0 Å². The molecule has 0 atom stereocenters. The molecule has 0 aliphatic carbocycles. The zero-order valence-corrected chi connectivity index (χ0v) is 11.5. The number of carbonyl (C=O) groups excluding carboxylic acids is 1. The molecule has 1 amide bonds. The van der Waals surface area contributed by atoms with Gasteiger partial charge in [-0.25, -0.2) is 0 Å². The van der Waals surface area contributed by atoms with Crippen molar-refractivity contribution in [1.29, 1.82) is 0 Å². The van der Waals surface area contributed by atoms with Gasteiger partial charge in [0.25, 0.3) is 5.91 Å². The second-order valence-corrected chi connectivity index (χ2v) is 4.97. The number of nitrogens with zero attached hydrogens (tertiary/aromatic N) is 1. The van der Waals surface area contributed by atoms with Crippen molar-refractivity contribution in [3.8, 4) is 0 Å². The van der Waals surface area contributed by atoms with Crippen LogP contribution in [0.25, 0.3) is 0 Å². The molecule has 19 heavy (non-hydrogen) atoms. The van der Waals surface area contributed by atoms with Gasteiger partial charge in [0.1, 0.15) is 0 Å². The van der Waals surface area contributed by atoms with Gasteiger partial charge in [-0.3, -0.25) is 4.79 Å². The van der Waals surface area contributed by atoms with Gasteiger partial charge in [-0.2, -0.15) is 0 Å². The van der Waals surface area contributed by atoms with Crippen LogP contribution in [0.1, 0.15) is 28.8 Å². The van der Waals surface area contributed by atoms with Crippen molar-refractivity contribution in [3.05, 3.63) is 35.4 Å². The largest absolute Gasteiger partial charge is 0.381 e. The lowest BCUT2D eigenvalue weighted by Gasteiger charge is -2.31. The lowest BCUT2D eigenvalue weighted by molar-refractivity contribution is 0.0350. The van der Waals surface area contributed by atoms with Crippen LogP contribution < -0.4 is 5.73 Å². The lowest BCUT2D eigenvalue weighted by Crippen LogP contribution is -2.40. The summed E-state index contributed by atoms with van der Waals surface area (Å²) in [6, 6.07) is 7.78. The minimum Gasteiger partial charge on any atom is -0.381 e. The van der Waals surface area contributed by atoms with Crippen molar-refractivity contribution >= 4 is 5.91 Å². The van der Waals surface area contributed by atoms with E-state index in [1.165, 1.54) is 0 Å². The number of amides is 1. The van der Waals surface area contributed by atoms with Crippen molar-refractivity contribution < 1.29 is 9.53 Å². The number of hydrogen-bond donors (Lipinski definition) is 1. The molecular weight excluding hydrogens is 240 g/mol. The Balaban J connectivity index is 2.01. The Morgan fingerprint density at radius 1 is 1.42 bits per heavy atom. The van der Waals surface area contributed by atoms with Crippen LogP contribution in [0, 0.1) is 0 Å². The van der Waals surface area contributed by atoms with Gasteiger partial charge in [-0.05, 0) is 43.5 Å². The fraction of sp³-hybridized carbons (Fsp3) is 0.533. The highest BCUT2D eigenvalue weighted by Gasteiger charge is 2.23. The SMILES string of the molecule is COC1CCN(C(=O)c2cccc(CCN)c2)CC1. The number of hydrogen-bond acceptors (Lipinski definition) is 3. The first-order valence-electron chi connectivity index (χ1n) is 6.85. The van der Waals surface area contributed by atoms with Gasteiger partial charge in [0.2, 0.25) is 0 Å². The van der Waals surface area contributed by atoms with E-state index in [9.17, 15) is 4.79 Å². The van der Waals surface area contributed by atoms with E-state index < -0.39 is 0 Å². The molecule has 104 valence electrons. The summed E-state index contributed by atoms with van der Waals surface area (Å²) < 4.78 is 5.32. The minimum atomic E-state index is 0.119. The third kappa shape index (κ3) is 3.55. The van der Waals surface area contributed by atoms with Gasteiger partial charge in [0.05, 0.1) is 6.10 Å². The van der Waals surface area contributed by atoms with Crippen LogP contribution in [0.3, 0.4) is 0 Å². The second-order valence-electron chi connectivity index (χ2n) is 4.97. The topological polar surface area (TPSA) is 55.6 Å². The van der Waals surface area contributed by atoms with Crippen LogP contribution >= 0.6 is 0 Å². The first kappa shape index (κ1) is 14.0. The van der Waals surface area contributed by atoms with E-state index in [-0.39, 0.29) is 5.91 Å². The third-order valence-electron chi connectivity index (χ3n) is 3.67. The highest BCUT2D eigenvalue weighted by atomic mass is 16.5. The van der Waals surface area contributed by atoms with E-state index in [1.807, 2.05) is 29.2 Å². The van der Waals surface area contributed by atoms with Crippen molar-refractivity contribution in [2.75, 3.05) is 26.7 Å². The smallest absolute Gasteiger partial charge is 0.253 e. The van der Waals surface area contributed by atoms with Crippen LogP contribution in [0.4, 0.5) is 0 Å². The summed E-state index contributed by atoms with van der Waals surface area (Å²) in [6.07, 6.45) is 2.95. The number of piperidine rings is 1. The lowest BCUT2D eigenvalue weighted by atomic mass is 10.0. The standard InChI is InChI=1S/C15H22N2O2/c1-19-14-6-9-17(10-7-14)15(18)13-4-2-3-12(11-13)5-8-16/h2-4,11,14H,5-10,16H2,1H3. The van der Waals surface area contributed by atoms with Gasteiger partial charge in [0.15, 0.2) is 0 Å². The summed E-state index contributed by atoms with van der Waals surface area (Å²) in [4.78, 5) is 14.3. The number of benzene rings is 1. The predicted octanol–water partition coefficient (Wildman–Crippen LogP) is 1.44. The molecule has 0 unspecified atom stereocenters. The summed E-state index contributed by atoms with van der Waals surface area (Å²) in [7, 11) is 1.73. The number of methoxy groups -OCH3 is 1. The Morgan fingerprint density at radius 2 is 2.16 bits per heavy atom. The summed E-state index contributed by atoms with van der Waals surface area (Å²) >= 11 is 0. The molecule has 0 spiro atoms. The molecule has 0 saturated carbocycles. The molecule has 1 aliphatic heterocycles. The third-order valence-corrected chi connectivity index (χ3v) is 3.67. The first-order chi connectivity index (χ1) is 9.24. The number of likely N-dealkylation sites (tertiary alicyclic amines) is 1. The van der Waals surface area contributed by atoms with Crippen molar-refractivity contribution in [2.45, 2.75) is 25.4 Å². The fourth-order valence-corrected chi connectivity index (χ4v) is 2.50. The molecule has 1 fully saturated rings. The van der Waals surface area contributed by atoms with E-state index in [4.69, 9.17) is 10.5 Å². The molecule has 1 aromatic carbocycles. The Kier molecular flexibility index (Phi) is 4.93. The van der Waals surface area contributed by atoms with E-state index in [0.717, 1.165) is 43.5 Å². The summed E-state index contributed by atoms with van der Waals surface area (Å²) in [6.45, 7) is 2.16. The quantitative estimate of drug-likeness (QED) is 0.893. The normalized spacial score (nSPS) is 16.6. The number of nitrogens with two attached hydrogens (primary N) is 1. The summed E-state index contributed by atoms with van der Waals surface area (Å²) in [5.41, 5.74) is 7.44. The number of carbonyl (C=O) groups is 1. The Labute approximate surface area is 114 Å². The molecule has 0 radical (unpaired) electrons. The van der Waals surface area contributed by atoms with Crippen LogP contribution in [0.2, 0.25) is 0 Å². The Hall–Kier alpha value is -1.39. The average molecular weight is 262 g/mol. The van der Waals surface area contributed by atoms with E-state index in [2.05, 4.69) is 0 Å². The van der Waals surface area contributed by atoms with E-state index in [1.54, 1.807) is 7.11 Å². The number of rotatable bonds is 4. The van der Waals surface area contributed by atoms with E-state index >= 15 is 0 Å². The monoisotopic (exact) mass is 262 g/mol. The van der Waals surface area contributed by atoms with Crippen LogP contribution in [0.5, 0.6) is 0 Å². The molecule has 1 aliphatic rings. The minimum absolute atomic E-state index is 0.119. The maximum atomic E-state index is 12.4. The summed E-state index contributed by atoms with van der Waals surface area (Å²) in [5, 5.41) is 0. The highest BCUT2D eigenvalue weighted by molar-refractivity contribution is 5.94. The molecule has 1 saturated heterocycles. The van der Waals surface area contributed by atoms with Crippen molar-refractivity contribution in [1.82, 2.24) is 4.90 Å². The van der Waals surface area contributed by atoms with Gasteiger partial charge in [-0.1, -0.05) is 12.1 Å². The molecule has 0 bridgehead atoms. The maximum Gasteiger partial charge on any atom is 0.253 e. The Morgan fingerprint density at radius 3 is 2.79 bits per heavy atom. The molecule has 1 aromatic rings. The van der Waals surface area contributed by atoms with Gasteiger partial charge in [0, 0.05) is 25.8 Å². The van der Waals surface area contributed by atoms with Crippen LogP contribution in [0.15, 0.2) is 24.3 Å². The zero-order chi connectivity index (χ0) is 13.7. The molecular formula is C15H22N2O2. The highest BCUT2D eigenvalue weighted by Crippen LogP contribution is 2.16. The van der Waals surface area contributed by atoms with Crippen LogP contribution in [-0.2, 0) is 11.2 Å². The van der Waals surface area contributed by atoms with Crippen molar-refractivity contribution in [3.63, 3.8) is 0 Å². The predicted molar refractivity (Wildman–Crippen MR) is 75.1 cm³/mol. The molecule has 2 N–H and O–H groups in total. The van der Waals surface area contributed by atoms with Gasteiger partial charge in [-0.15, -0.1) is 0 Å². The van der Waals surface area contributed by atoms with E-state index in [0.29, 0.717) is 12.6 Å². The molecule has 4 nitrogen and oxygen atoms in total.